The van der Waals surface area contributed by atoms with Gasteiger partial charge in [-0.1, -0.05) is 35.3 Å². The Labute approximate surface area is 180 Å². The summed E-state index contributed by atoms with van der Waals surface area (Å²) in [5, 5.41) is 4.43. The van der Waals surface area contributed by atoms with Crippen LogP contribution in [-0.4, -0.2) is 34.0 Å². The number of nitrogens with zero attached hydrogens (tertiary/aromatic N) is 3. The zero-order chi connectivity index (χ0) is 20.5. The molecule has 0 aliphatic heterocycles. The van der Waals surface area contributed by atoms with Gasteiger partial charge >= 0.3 is 0 Å². The lowest BCUT2D eigenvalue weighted by Gasteiger charge is -2.19. The fourth-order valence-corrected chi connectivity index (χ4v) is 3.66. The molecule has 0 amide bonds. The zero-order valence-electron chi connectivity index (χ0n) is 16.0. The summed E-state index contributed by atoms with van der Waals surface area (Å²) >= 11 is 12.5. The number of aliphatic imine (C=N–C) groups is 1. The smallest absolute Gasteiger partial charge is 0.188 e. The minimum Gasteiger partial charge on any atom is -0.370 e. The van der Waals surface area contributed by atoms with Gasteiger partial charge in [0.15, 0.2) is 5.96 Å². The van der Waals surface area contributed by atoms with Gasteiger partial charge in [-0.3, -0.25) is 9.98 Å². The molecule has 0 radical (unpaired) electrons. The van der Waals surface area contributed by atoms with Gasteiger partial charge in [-0.15, -0.1) is 0 Å². The van der Waals surface area contributed by atoms with Gasteiger partial charge in [0, 0.05) is 52.8 Å². The van der Waals surface area contributed by atoms with E-state index in [1.54, 1.807) is 18.6 Å². The second-order valence-corrected chi connectivity index (χ2v) is 7.48. The Morgan fingerprint density at radius 2 is 2.14 bits per heavy atom. The van der Waals surface area contributed by atoms with Gasteiger partial charge in [-0.05, 0) is 49.1 Å². The first-order valence-corrected chi connectivity index (χ1v) is 10.3. The molecule has 29 heavy (non-hydrogen) atoms. The molecule has 0 spiro atoms. The summed E-state index contributed by atoms with van der Waals surface area (Å²) in [5.41, 5.74) is 9.05. The van der Waals surface area contributed by atoms with Gasteiger partial charge in [0.05, 0.1) is 6.33 Å². The highest BCUT2D eigenvalue weighted by Crippen LogP contribution is 2.33. The summed E-state index contributed by atoms with van der Waals surface area (Å²) in [6.45, 7) is 1.31. The molecule has 1 unspecified atom stereocenters. The number of pyridine rings is 1. The molecule has 0 bridgehead atoms. The molecule has 8 heteroatoms. The van der Waals surface area contributed by atoms with Crippen molar-refractivity contribution in [2.75, 3.05) is 13.1 Å². The fraction of sp³-hybridized carbons (Fsp3) is 0.286. The Hall–Kier alpha value is -2.57. The lowest BCUT2D eigenvalue weighted by molar-refractivity contribution is 0.672. The predicted molar refractivity (Wildman–Crippen MR) is 119 cm³/mol. The molecule has 0 aliphatic carbocycles. The van der Waals surface area contributed by atoms with Gasteiger partial charge in [0.25, 0.3) is 0 Å². The molecule has 0 saturated heterocycles. The first-order chi connectivity index (χ1) is 14.1. The highest BCUT2D eigenvalue weighted by atomic mass is 35.5. The summed E-state index contributed by atoms with van der Waals surface area (Å²) in [6.07, 6.45) is 7.86. The van der Waals surface area contributed by atoms with Crippen molar-refractivity contribution in [1.82, 2.24) is 20.3 Å². The number of H-pyrrole nitrogens is 1. The Kier molecular flexibility index (Phi) is 7.90. The van der Waals surface area contributed by atoms with E-state index >= 15 is 0 Å². The maximum absolute atomic E-state index is 6.45. The Bertz CT molecular complexity index is 912. The van der Waals surface area contributed by atoms with Crippen LogP contribution in [0.2, 0.25) is 10.0 Å². The van der Waals surface area contributed by atoms with Crippen molar-refractivity contribution in [1.29, 1.82) is 0 Å². The lowest BCUT2D eigenvalue weighted by Crippen LogP contribution is -2.33. The summed E-state index contributed by atoms with van der Waals surface area (Å²) < 4.78 is 0. The third-order valence-corrected chi connectivity index (χ3v) is 5.13. The summed E-state index contributed by atoms with van der Waals surface area (Å²) in [4.78, 5) is 16.0. The minimum absolute atomic E-state index is 0.0293. The number of aromatic amines is 1. The van der Waals surface area contributed by atoms with Crippen LogP contribution in [0.15, 0.2) is 60.1 Å². The third kappa shape index (κ3) is 6.48. The van der Waals surface area contributed by atoms with E-state index in [0.717, 1.165) is 36.2 Å². The van der Waals surface area contributed by atoms with Crippen LogP contribution >= 0.6 is 23.2 Å². The first kappa shape index (κ1) is 21.1. The maximum atomic E-state index is 6.45. The fourth-order valence-electron chi connectivity index (χ4n) is 3.12. The van der Waals surface area contributed by atoms with Crippen molar-refractivity contribution >= 4 is 29.2 Å². The molecule has 152 valence electrons. The number of halogens is 2. The topological polar surface area (TPSA) is 92.0 Å². The molecule has 0 aliphatic rings. The Morgan fingerprint density at radius 3 is 2.86 bits per heavy atom. The average molecular weight is 431 g/mol. The molecule has 1 atom stereocenters. The molecule has 4 N–H and O–H groups in total. The van der Waals surface area contributed by atoms with Crippen molar-refractivity contribution in [3.05, 3.63) is 82.1 Å². The number of aryl methyl sites for hydroxylation is 1. The second-order valence-electron chi connectivity index (χ2n) is 6.64. The zero-order valence-corrected chi connectivity index (χ0v) is 17.5. The van der Waals surface area contributed by atoms with Crippen LogP contribution in [0.3, 0.4) is 0 Å². The molecular formula is C21H24Cl2N6. The van der Waals surface area contributed by atoms with Crippen LogP contribution in [0.4, 0.5) is 0 Å². The quantitative estimate of drug-likeness (QED) is 0.269. The van der Waals surface area contributed by atoms with Crippen molar-refractivity contribution in [3.8, 4) is 0 Å². The third-order valence-electron chi connectivity index (χ3n) is 4.56. The summed E-state index contributed by atoms with van der Waals surface area (Å²) in [7, 11) is 0. The molecular weight excluding hydrogens is 407 g/mol. The highest BCUT2D eigenvalue weighted by molar-refractivity contribution is 6.35. The monoisotopic (exact) mass is 430 g/mol. The number of benzene rings is 1. The van der Waals surface area contributed by atoms with Gasteiger partial charge in [-0.25, -0.2) is 4.98 Å². The molecule has 3 aromatic rings. The molecule has 0 saturated carbocycles. The minimum atomic E-state index is 0.0293. The van der Waals surface area contributed by atoms with E-state index < -0.39 is 0 Å². The number of nitrogens with one attached hydrogen (secondary N) is 2. The maximum Gasteiger partial charge on any atom is 0.188 e. The van der Waals surface area contributed by atoms with Crippen LogP contribution in [0.25, 0.3) is 0 Å². The average Bonchev–Trinajstić information content (AvgIpc) is 3.24. The number of rotatable bonds is 9. The van der Waals surface area contributed by atoms with Crippen LogP contribution in [0, 0.1) is 0 Å². The first-order valence-electron chi connectivity index (χ1n) is 9.50. The molecule has 3 rings (SSSR count). The van der Waals surface area contributed by atoms with Crippen molar-refractivity contribution in [2.45, 2.75) is 25.2 Å². The van der Waals surface area contributed by atoms with Gasteiger partial charge in [0.2, 0.25) is 0 Å². The largest absolute Gasteiger partial charge is 0.370 e. The molecule has 2 heterocycles. The van der Waals surface area contributed by atoms with Crippen LogP contribution in [0.1, 0.15) is 35.7 Å². The van der Waals surface area contributed by atoms with Crippen LogP contribution in [-0.2, 0) is 6.42 Å². The van der Waals surface area contributed by atoms with Gasteiger partial charge < -0.3 is 16.0 Å². The second kappa shape index (κ2) is 10.8. The van der Waals surface area contributed by atoms with Gasteiger partial charge in [0.1, 0.15) is 0 Å². The van der Waals surface area contributed by atoms with E-state index in [9.17, 15) is 0 Å². The van der Waals surface area contributed by atoms with Crippen LogP contribution < -0.4 is 11.1 Å². The SMILES string of the molecule is NC(=NCCCc1cnc[nH]1)NCCC(c1ccccn1)c1ccc(Cl)cc1Cl. The van der Waals surface area contributed by atoms with E-state index in [2.05, 4.69) is 25.3 Å². The molecule has 6 nitrogen and oxygen atoms in total. The van der Waals surface area contributed by atoms with Gasteiger partial charge in [-0.2, -0.15) is 0 Å². The van der Waals surface area contributed by atoms with E-state index in [0.29, 0.717) is 29.1 Å². The van der Waals surface area contributed by atoms with E-state index in [1.807, 2.05) is 36.5 Å². The van der Waals surface area contributed by atoms with Crippen molar-refractivity contribution < 1.29 is 0 Å². The number of hydrogen-bond donors (Lipinski definition) is 3. The number of imidazole rings is 1. The van der Waals surface area contributed by atoms with E-state index in [-0.39, 0.29) is 5.92 Å². The van der Waals surface area contributed by atoms with Crippen molar-refractivity contribution in [2.24, 2.45) is 10.7 Å². The van der Waals surface area contributed by atoms with E-state index in [1.165, 1.54) is 0 Å². The number of guanidine groups is 1. The molecule has 0 fully saturated rings. The van der Waals surface area contributed by atoms with E-state index in [4.69, 9.17) is 28.9 Å². The highest BCUT2D eigenvalue weighted by Gasteiger charge is 2.18. The summed E-state index contributed by atoms with van der Waals surface area (Å²) in [6, 6.07) is 11.4. The van der Waals surface area contributed by atoms with Crippen LogP contribution in [0.5, 0.6) is 0 Å². The Morgan fingerprint density at radius 1 is 1.24 bits per heavy atom. The summed E-state index contributed by atoms with van der Waals surface area (Å²) in [5.74, 6) is 0.471. The number of nitrogens with two attached hydrogens (primary N) is 1. The predicted octanol–water partition coefficient (Wildman–Crippen LogP) is 4.17. The van der Waals surface area contributed by atoms with Crippen molar-refractivity contribution in [3.63, 3.8) is 0 Å². The number of hydrogen-bond acceptors (Lipinski definition) is 3. The molecule has 2 aromatic heterocycles. The lowest BCUT2D eigenvalue weighted by atomic mass is 9.92. The Balaban J connectivity index is 1.56. The molecule has 1 aromatic carbocycles. The number of aromatic nitrogens is 3. The normalized spacial score (nSPS) is 12.7. The standard InChI is InChI=1S/C21H24Cl2N6/c22-15-6-7-17(19(23)12-15)18(20-5-1-2-9-26-20)8-11-28-21(24)27-10-3-4-16-13-25-14-29-16/h1-2,5-7,9,12-14,18H,3-4,8,10-11H2,(H,25,29)(H3,24,27,28).